The lowest BCUT2D eigenvalue weighted by Crippen LogP contribution is -2.27. The standard InChI is InChI=1S/C10H15N3OS/c1-7-6-9(13-12-7)11-10(14)8-4-2-3-5-15-8/h6,8H,2-5H2,1H3,(H2,11,12,13,14). The van der Waals surface area contributed by atoms with E-state index in [1.165, 1.54) is 6.42 Å². The smallest absolute Gasteiger partial charge is 0.238 e. The highest BCUT2D eigenvalue weighted by atomic mass is 32.2. The first-order chi connectivity index (χ1) is 7.25. The molecule has 1 unspecified atom stereocenters. The summed E-state index contributed by atoms with van der Waals surface area (Å²) < 4.78 is 0. The first-order valence-corrected chi connectivity index (χ1v) is 6.25. The zero-order valence-electron chi connectivity index (χ0n) is 8.75. The van der Waals surface area contributed by atoms with Crippen LogP contribution in [-0.4, -0.2) is 27.1 Å². The molecule has 0 bridgehead atoms. The summed E-state index contributed by atoms with van der Waals surface area (Å²) in [5.41, 5.74) is 0.960. The van der Waals surface area contributed by atoms with E-state index in [0.717, 1.165) is 24.3 Å². The van der Waals surface area contributed by atoms with E-state index in [0.29, 0.717) is 5.82 Å². The van der Waals surface area contributed by atoms with E-state index in [-0.39, 0.29) is 11.2 Å². The fourth-order valence-corrected chi connectivity index (χ4v) is 2.84. The van der Waals surface area contributed by atoms with Crippen LogP contribution in [0, 0.1) is 6.92 Å². The number of nitrogens with zero attached hydrogens (tertiary/aromatic N) is 1. The first kappa shape index (κ1) is 10.5. The van der Waals surface area contributed by atoms with Gasteiger partial charge in [0.15, 0.2) is 5.82 Å². The molecule has 1 aromatic heterocycles. The minimum Gasteiger partial charge on any atom is -0.308 e. The van der Waals surface area contributed by atoms with E-state index in [4.69, 9.17) is 0 Å². The molecule has 1 atom stereocenters. The number of hydrogen-bond acceptors (Lipinski definition) is 3. The van der Waals surface area contributed by atoms with Crippen molar-refractivity contribution < 1.29 is 4.79 Å². The van der Waals surface area contributed by atoms with Gasteiger partial charge in [-0.3, -0.25) is 9.89 Å². The molecular formula is C10H15N3OS. The Labute approximate surface area is 93.2 Å². The summed E-state index contributed by atoms with van der Waals surface area (Å²) in [4.78, 5) is 11.8. The number of nitrogens with one attached hydrogen (secondary N) is 2. The molecule has 2 heterocycles. The molecule has 1 aromatic rings. The van der Waals surface area contributed by atoms with Gasteiger partial charge in [0.05, 0.1) is 5.25 Å². The molecule has 1 amide bonds. The largest absolute Gasteiger partial charge is 0.308 e. The van der Waals surface area contributed by atoms with Gasteiger partial charge < -0.3 is 5.32 Å². The van der Waals surface area contributed by atoms with Crippen LogP contribution < -0.4 is 5.32 Å². The lowest BCUT2D eigenvalue weighted by atomic mass is 10.2. The summed E-state index contributed by atoms with van der Waals surface area (Å²) in [5.74, 6) is 1.81. The third-order valence-electron chi connectivity index (χ3n) is 2.43. The van der Waals surface area contributed by atoms with Crippen molar-refractivity contribution in [2.24, 2.45) is 0 Å². The number of anilines is 1. The van der Waals surface area contributed by atoms with Gasteiger partial charge >= 0.3 is 0 Å². The zero-order valence-corrected chi connectivity index (χ0v) is 9.56. The van der Waals surface area contributed by atoms with Crippen molar-refractivity contribution in [1.82, 2.24) is 10.2 Å². The number of aromatic nitrogens is 2. The van der Waals surface area contributed by atoms with Crippen molar-refractivity contribution in [3.63, 3.8) is 0 Å². The molecule has 0 spiro atoms. The molecule has 5 heteroatoms. The second-order valence-electron chi connectivity index (χ2n) is 3.78. The highest BCUT2D eigenvalue weighted by Gasteiger charge is 2.22. The molecule has 2 rings (SSSR count). The number of hydrogen-bond donors (Lipinski definition) is 2. The highest BCUT2D eigenvalue weighted by Crippen LogP contribution is 2.25. The van der Waals surface area contributed by atoms with Crippen LogP contribution in [0.2, 0.25) is 0 Å². The second-order valence-corrected chi connectivity index (χ2v) is 5.09. The number of aromatic amines is 1. The Hall–Kier alpha value is -0.970. The van der Waals surface area contributed by atoms with Crippen molar-refractivity contribution in [1.29, 1.82) is 0 Å². The number of carbonyl (C=O) groups excluding carboxylic acids is 1. The van der Waals surface area contributed by atoms with E-state index < -0.39 is 0 Å². The number of amides is 1. The molecule has 1 fully saturated rings. The minimum absolute atomic E-state index is 0.0891. The molecule has 1 aliphatic heterocycles. The normalized spacial score (nSPS) is 21.3. The van der Waals surface area contributed by atoms with Gasteiger partial charge in [0, 0.05) is 11.8 Å². The van der Waals surface area contributed by atoms with Crippen LogP contribution >= 0.6 is 11.8 Å². The maximum atomic E-state index is 11.8. The molecule has 0 radical (unpaired) electrons. The minimum atomic E-state index is 0.0891. The second kappa shape index (κ2) is 4.70. The summed E-state index contributed by atoms with van der Waals surface area (Å²) >= 11 is 1.75. The monoisotopic (exact) mass is 225 g/mol. The van der Waals surface area contributed by atoms with Crippen LogP contribution in [-0.2, 0) is 4.79 Å². The van der Waals surface area contributed by atoms with E-state index in [1.807, 2.05) is 13.0 Å². The van der Waals surface area contributed by atoms with E-state index in [1.54, 1.807) is 11.8 Å². The van der Waals surface area contributed by atoms with E-state index >= 15 is 0 Å². The predicted molar refractivity (Wildman–Crippen MR) is 62.1 cm³/mol. The maximum absolute atomic E-state index is 11.8. The Morgan fingerprint density at radius 1 is 1.67 bits per heavy atom. The average molecular weight is 225 g/mol. The first-order valence-electron chi connectivity index (χ1n) is 5.20. The van der Waals surface area contributed by atoms with Gasteiger partial charge in [0.1, 0.15) is 0 Å². The third kappa shape index (κ3) is 2.75. The van der Waals surface area contributed by atoms with Crippen LogP contribution in [0.1, 0.15) is 25.0 Å². The maximum Gasteiger partial charge on any atom is 0.238 e. The number of H-pyrrole nitrogens is 1. The van der Waals surface area contributed by atoms with Gasteiger partial charge in [-0.15, -0.1) is 11.8 Å². The quantitative estimate of drug-likeness (QED) is 0.808. The van der Waals surface area contributed by atoms with E-state index in [2.05, 4.69) is 15.5 Å². The summed E-state index contributed by atoms with van der Waals surface area (Å²) in [5, 5.41) is 9.73. The summed E-state index contributed by atoms with van der Waals surface area (Å²) in [6, 6.07) is 1.84. The van der Waals surface area contributed by atoms with Gasteiger partial charge in [0.25, 0.3) is 0 Å². The average Bonchev–Trinajstić information content (AvgIpc) is 2.65. The summed E-state index contributed by atoms with van der Waals surface area (Å²) in [7, 11) is 0. The predicted octanol–water partition coefficient (Wildman–Crippen LogP) is 1.94. The molecule has 15 heavy (non-hydrogen) atoms. The molecule has 0 aliphatic carbocycles. The van der Waals surface area contributed by atoms with Crippen molar-refractivity contribution >= 4 is 23.5 Å². The molecule has 0 saturated carbocycles. The fourth-order valence-electron chi connectivity index (χ4n) is 1.64. The summed E-state index contributed by atoms with van der Waals surface area (Å²) in [6.07, 6.45) is 3.38. The molecule has 4 nitrogen and oxygen atoms in total. The Morgan fingerprint density at radius 2 is 2.53 bits per heavy atom. The Bertz CT molecular complexity index is 344. The van der Waals surface area contributed by atoms with Crippen LogP contribution in [0.4, 0.5) is 5.82 Å². The lowest BCUT2D eigenvalue weighted by molar-refractivity contribution is -0.115. The SMILES string of the molecule is Cc1cc(NC(=O)C2CCCCS2)n[nH]1. The van der Waals surface area contributed by atoms with Gasteiger partial charge in [-0.1, -0.05) is 6.42 Å². The van der Waals surface area contributed by atoms with Gasteiger partial charge in [-0.2, -0.15) is 5.10 Å². The van der Waals surface area contributed by atoms with E-state index in [9.17, 15) is 4.79 Å². The third-order valence-corrected chi connectivity index (χ3v) is 3.81. The van der Waals surface area contributed by atoms with Crippen LogP contribution in [0.15, 0.2) is 6.07 Å². The van der Waals surface area contributed by atoms with Crippen LogP contribution in [0.5, 0.6) is 0 Å². The number of aryl methyl sites for hydroxylation is 1. The molecule has 82 valence electrons. The van der Waals surface area contributed by atoms with Gasteiger partial charge in [-0.25, -0.2) is 0 Å². The lowest BCUT2D eigenvalue weighted by Gasteiger charge is -2.19. The molecule has 1 aliphatic rings. The van der Waals surface area contributed by atoms with Crippen molar-refractivity contribution in [2.45, 2.75) is 31.4 Å². The van der Waals surface area contributed by atoms with Gasteiger partial charge in [0.2, 0.25) is 5.91 Å². The van der Waals surface area contributed by atoms with Crippen LogP contribution in [0.25, 0.3) is 0 Å². The molecule has 1 saturated heterocycles. The Morgan fingerprint density at radius 3 is 3.13 bits per heavy atom. The van der Waals surface area contributed by atoms with Crippen LogP contribution in [0.3, 0.4) is 0 Å². The van der Waals surface area contributed by atoms with Crippen molar-refractivity contribution in [3.8, 4) is 0 Å². The zero-order chi connectivity index (χ0) is 10.7. The Kier molecular flexibility index (Phi) is 3.30. The summed E-state index contributed by atoms with van der Waals surface area (Å²) in [6.45, 7) is 1.91. The topological polar surface area (TPSA) is 57.8 Å². The Balaban J connectivity index is 1.91. The number of rotatable bonds is 2. The van der Waals surface area contributed by atoms with Crippen molar-refractivity contribution in [3.05, 3.63) is 11.8 Å². The number of thioether (sulfide) groups is 1. The van der Waals surface area contributed by atoms with Crippen molar-refractivity contribution in [2.75, 3.05) is 11.1 Å². The highest BCUT2D eigenvalue weighted by molar-refractivity contribution is 8.00. The molecule has 0 aromatic carbocycles. The fraction of sp³-hybridized carbons (Fsp3) is 0.600. The van der Waals surface area contributed by atoms with Gasteiger partial charge in [-0.05, 0) is 25.5 Å². The molecule has 2 N–H and O–H groups in total. The number of carbonyl (C=O) groups is 1. The molecular weight excluding hydrogens is 210 g/mol.